The summed E-state index contributed by atoms with van der Waals surface area (Å²) in [4.78, 5) is 39.5. The van der Waals surface area contributed by atoms with Crippen LogP contribution < -0.4 is 15.6 Å². The standard InChI is InChI=1S/C23H27N3O5/c1-30-10-9-21(27)24-19-7-8-20-17-11-16(13-26(20)23(19)29)12-25(14-17)22(28)15-31-18-5-3-2-4-6-18/h2-8,16-17H,9-15H2,1H3,(H,24,27). The fourth-order valence-electron chi connectivity index (χ4n) is 4.41. The SMILES string of the molecule is COCCC(=O)Nc1ccc2n(c1=O)CC1CC2CN(C(=O)COc2ccccc2)C1. The molecule has 2 unspecified atom stereocenters. The molecule has 8 heteroatoms. The zero-order valence-electron chi connectivity index (χ0n) is 17.6. The smallest absolute Gasteiger partial charge is 0.274 e. The quantitative estimate of drug-likeness (QED) is 0.731. The number of amides is 2. The lowest BCUT2D eigenvalue weighted by molar-refractivity contribution is -0.136. The Morgan fingerprint density at radius 3 is 2.68 bits per heavy atom. The number of carbonyl (C=O) groups excluding carboxylic acids is 2. The van der Waals surface area contributed by atoms with Crippen molar-refractivity contribution in [2.75, 3.05) is 38.7 Å². The summed E-state index contributed by atoms with van der Waals surface area (Å²) >= 11 is 0. The third kappa shape index (κ3) is 4.80. The van der Waals surface area contributed by atoms with E-state index in [9.17, 15) is 14.4 Å². The molecule has 2 aliphatic heterocycles. The molecule has 0 saturated carbocycles. The van der Waals surface area contributed by atoms with Crippen molar-refractivity contribution in [3.8, 4) is 5.75 Å². The first-order valence-electron chi connectivity index (χ1n) is 10.5. The molecule has 1 saturated heterocycles. The number of carbonyl (C=O) groups is 2. The maximum absolute atomic E-state index is 12.9. The van der Waals surface area contributed by atoms with Crippen LogP contribution in [0.2, 0.25) is 0 Å². The minimum absolute atomic E-state index is 0.00268. The van der Waals surface area contributed by atoms with Gasteiger partial charge in [-0.1, -0.05) is 18.2 Å². The van der Waals surface area contributed by atoms with E-state index in [0.29, 0.717) is 32.0 Å². The second-order valence-electron chi connectivity index (χ2n) is 8.08. The zero-order valence-corrected chi connectivity index (χ0v) is 17.6. The summed E-state index contributed by atoms with van der Waals surface area (Å²) in [5.74, 6) is 0.676. The maximum atomic E-state index is 12.9. The molecule has 0 aliphatic carbocycles. The average molecular weight is 425 g/mol. The number of benzene rings is 1. The number of hydrogen-bond acceptors (Lipinski definition) is 5. The minimum Gasteiger partial charge on any atom is -0.484 e. The Morgan fingerprint density at radius 1 is 1.10 bits per heavy atom. The van der Waals surface area contributed by atoms with E-state index >= 15 is 0 Å². The van der Waals surface area contributed by atoms with E-state index in [0.717, 1.165) is 12.1 Å². The molecular formula is C23H27N3O5. The van der Waals surface area contributed by atoms with Crippen molar-refractivity contribution in [2.45, 2.75) is 25.3 Å². The molecular weight excluding hydrogens is 398 g/mol. The molecule has 3 heterocycles. The van der Waals surface area contributed by atoms with Crippen LogP contribution in [-0.4, -0.2) is 54.7 Å². The predicted octanol–water partition coefficient (Wildman–Crippen LogP) is 1.85. The molecule has 8 nitrogen and oxygen atoms in total. The molecule has 1 N–H and O–H groups in total. The van der Waals surface area contributed by atoms with Crippen LogP contribution in [0.1, 0.15) is 24.5 Å². The molecule has 1 aromatic carbocycles. The summed E-state index contributed by atoms with van der Waals surface area (Å²) in [6.45, 7) is 2.01. The van der Waals surface area contributed by atoms with E-state index in [4.69, 9.17) is 9.47 Å². The Balaban J connectivity index is 1.43. The van der Waals surface area contributed by atoms with Gasteiger partial charge in [0.1, 0.15) is 11.4 Å². The molecule has 2 bridgehead atoms. The summed E-state index contributed by atoms with van der Waals surface area (Å²) in [5, 5.41) is 2.69. The minimum atomic E-state index is -0.245. The summed E-state index contributed by atoms with van der Waals surface area (Å²) in [5.41, 5.74) is 1.01. The number of nitrogens with zero attached hydrogens (tertiary/aromatic N) is 2. The van der Waals surface area contributed by atoms with Gasteiger partial charge in [-0.3, -0.25) is 14.4 Å². The first kappa shape index (κ1) is 21.1. The van der Waals surface area contributed by atoms with E-state index < -0.39 is 0 Å². The average Bonchev–Trinajstić information content (AvgIpc) is 2.79. The van der Waals surface area contributed by atoms with Gasteiger partial charge in [0.2, 0.25) is 5.91 Å². The van der Waals surface area contributed by atoms with Crippen LogP contribution in [0, 0.1) is 5.92 Å². The van der Waals surface area contributed by atoms with Gasteiger partial charge in [-0.25, -0.2) is 0 Å². The highest BCUT2D eigenvalue weighted by Gasteiger charge is 2.36. The molecule has 1 aromatic heterocycles. The Labute approximate surface area is 180 Å². The molecule has 164 valence electrons. The number of methoxy groups -OCH3 is 1. The van der Waals surface area contributed by atoms with Gasteiger partial charge in [-0.05, 0) is 36.6 Å². The molecule has 4 rings (SSSR count). The van der Waals surface area contributed by atoms with Gasteiger partial charge in [0.15, 0.2) is 6.61 Å². The first-order valence-corrected chi connectivity index (χ1v) is 10.5. The monoisotopic (exact) mass is 425 g/mol. The highest BCUT2D eigenvalue weighted by atomic mass is 16.5. The zero-order chi connectivity index (χ0) is 21.8. The number of aromatic nitrogens is 1. The molecule has 31 heavy (non-hydrogen) atoms. The lowest BCUT2D eigenvalue weighted by Gasteiger charge is -2.42. The van der Waals surface area contributed by atoms with Crippen molar-refractivity contribution >= 4 is 17.5 Å². The molecule has 2 atom stereocenters. The third-order valence-corrected chi connectivity index (χ3v) is 5.87. The topological polar surface area (TPSA) is 89.9 Å². The summed E-state index contributed by atoms with van der Waals surface area (Å²) in [7, 11) is 1.53. The van der Waals surface area contributed by atoms with Crippen LogP contribution in [-0.2, 0) is 20.9 Å². The number of likely N-dealkylation sites (tertiary alicyclic amines) is 1. The number of piperidine rings is 1. The van der Waals surface area contributed by atoms with Gasteiger partial charge in [-0.2, -0.15) is 0 Å². The second kappa shape index (κ2) is 9.34. The number of ether oxygens (including phenoxy) is 2. The Bertz CT molecular complexity index is 1000. The first-order chi connectivity index (χ1) is 15.0. The van der Waals surface area contributed by atoms with E-state index in [1.165, 1.54) is 7.11 Å². The van der Waals surface area contributed by atoms with Crippen molar-refractivity contribution < 1.29 is 19.1 Å². The normalized spacial score (nSPS) is 19.5. The second-order valence-corrected chi connectivity index (χ2v) is 8.08. The lowest BCUT2D eigenvalue weighted by atomic mass is 9.83. The fraction of sp³-hybridized carbons (Fsp3) is 0.435. The Kier molecular flexibility index (Phi) is 6.36. The van der Waals surface area contributed by atoms with E-state index in [1.54, 1.807) is 10.6 Å². The lowest BCUT2D eigenvalue weighted by Crippen LogP contribution is -2.50. The van der Waals surface area contributed by atoms with Gasteiger partial charge in [0, 0.05) is 38.4 Å². The summed E-state index contributed by atoms with van der Waals surface area (Å²) in [6, 6.07) is 12.8. The summed E-state index contributed by atoms with van der Waals surface area (Å²) < 4.78 is 12.3. The van der Waals surface area contributed by atoms with Crippen LogP contribution >= 0.6 is 0 Å². The molecule has 1 fully saturated rings. The molecule has 2 aromatic rings. The molecule has 0 radical (unpaired) electrons. The largest absolute Gasteiger partial charge is 0.484 e. The fourth-order valence-corrected chi connectivity index (χ4v) is 4.41. The molecule has 0 spiro atoms. The van der Waals surface area contributed by atoms with Gasteiger partial charge in [-0.15, -0.1) is 0 Å². The van der Waals surface area contributed by atoms with Crippen molar-refractivity contribution in [3.63, 3.8) is 0 Å². The highest BCUT2D eigenvalue weighted by molar-refractivity contribution is 5.90. The van der Waals surface area contributed by atoms with Crippen LogP contribution in [0.4, 0.5) is 5.69 Å². The van der Waals surface area contributed by atoms with Crippen molar-refractivity contribution in [1.29, 1.82) is 0 Å². The van der Waals surface area contributed by atoms with Crippen LogP contribution in [0.5, 0.6) is 5.75 Å². The van der Waals surface area contributed by atoms with Crippen molar-refractivity contribution in [3.05, 3.63) is 58.5 Å². The van der Waals surface area contributed by atoms with Gasteiger partial charge in [0.05, 0.1) is 13.0 Å². The highest BCUT2D eigenvalue weighted by Crippen LogP contribution is 2.35. The predicted molar refractivity (Wildman–Crippen MR) is 115 cm³/mol. The van der Waals surface area contributed by atoms with Crippen LogP contribution in [0.15, 0.2) is 47.3 Å². The Morgan fingerprint density at radius 2 is 1.90 bits per heavy atom. The van der Waals surface area contributed by atoms with E-state index in [1.807, 2.05) is 41.3 Å². The van der Waals surface area contributed by atoms with Gasteiger partial charge in [0.25, 0.3) is 11.5 Å². The van der Waals surface area contributed by atoms with Crippen molar-refractivity contribution in [2.24, 2.45) is 5.92 Å². The van der Waals surface area contributed by atoms with Gasteiger partial charge >= 0.3 is 0 Å². The molecule has 2 amide bonds. The molecule has 2 aliphatic rings. The van der Waals surface area contributed by atoms with E-state index in [2.05, 4.69) is 5.32 Å². The number of hydrogen-bond donors (Lipinski definition) is 1. The number of rotatable bonds is 7. The maximum Gasteiger partial charge on any atom is 0.274 e. The number of para-hydroxylation sites is 1. The van der Waals surface area contributed by atoms with Crippen LogP contribution in [0.25, 0.3) is 0 Å². The summed E-state index contributed by atoms with van der Waals surface area (Å²) in [6.07, 6.45) is 1.15. The van der Waals surface area contributed by atoms with Gasteiger partial charge < -0.3 is 24.3 Å². The van der Waals surface area contributed by atoms with E-state index in [-0.39, 0.29) is 47.9 Å². The van der Waals surface area contributed by atoms with Crippen LogP contribution in [0.3, 0.4) is 0 Å². The number of nitrogens with one attached hydrogen (secondary N) is 1. The van der Waals surface area contributed by atoms with Crippen molar-refractivity contribution in [1.82, 2.24) is 9.47 Å². The number of pyridine rings is 1. The Hall–Kier alpha value is -3.13. The third-order valence-electron chi connectivity index (χ3n) is 5.87. The number of anilines is 1. The number of fused-ring (bicyclic) bond motifs is 4.